The first-order chi connectivity index (χ1) is 9.92. The summed E-state index contributed by atoms with van der Waals surface area (Å²) < 4.78 is 26.4. The maximum absolute atomic E-state index is 12.2. The number of halogens is 1. The van der Waals surface area contributed by atoms with Crippen molar-refractivity contribution in [3.05, 3.63) is 63.0 Å². The van der Waals surface area contributed by atoms with Gasteiger partial charge in [0.15, 0.2) is 9.84 Å². The first kappa shape index (κ1) is 15.5. The van der Waals surface area contributed by atoms with Gasteiger partial charge in [0.1, 0.15) is 0 Å². The Morgan fingerprint density at radius 2 is 1.81 bits per heavy atom. The molecule has 0 atom stereocenters. The first-order valence-electron chi connectivity index (χ1n) is 6.01. The van der Waals surface area contributed by atoms with Crippen LogP contribution in [0, 0.1) is 11.3 Å². The molecule has 0 fully saturated rings. The molecule has 0 N–H and O–H groups in total. The summed E-state index contributed by atoms with van der Waals surface area (Å²) in [7, 11) is -3.50. The van der Waals surface area contributed by atoms with Gasteiger partial charge in [0, 0.05) is 23.3 Å². The lowest BCUT2D eigenvalue weighted by Crippen LogP contribution is -2.23. The van der Waals surface area contributed by atoms with Crippen LogP contribution < -0.4 is 5.56 Å². The van der Waals surface area contributed by atoms with Gasteiger partial charge in [-0.25, -0.2) is 8.42 Å². The molecule has 7 heteroatoms. The van der Waals surface area contributed by atoms with Crippen LogP contribution in [0.15, 0.2) is 56.8 Å². The van der Waals surface area contributed by atoms with Crippen molar-refractivity contribution in [3.63, 3.8) is 0 Å². The van der Waals surface area contributed by atoms with Gasteiger partial charge in [-0.15, -0.1) is 0 Å². The third kappa shape index (κ3) is 3.80. The molecule has 0 unspecified atom stereocenters. The maximum Gasteiger partial charge on any atom is 0.250 e. The van der Waals surface area contributed by atoms with Gasteiger partial charge in [0.2, 0.25) is 0 Å². The van der Waals surface area contributed by atoms with Crippen LogP contribution in [0.5, 0.6) is 0 Å². The number of nitrogens with zero attached hydrogens (tertiary/aromatic N) is 2. The van der Waals surface area contributed by atoms with E-state index in [1.807, 2.05) is 6.07 Å². The zero-order valence-corrected chi connectivity index (χ0v) is 13.3. The second-order valence-corrected chi connectivity index (χ2v) is 7.36. The van der Waals surface area contributed by atoms with Crippen molar-refractivity contribution in [2.75, 3.05) is 5.75 Å². The van der Waals surface area contributed by atoms with Gasteiger partial charge >= 0.3 is 0 Å². The number of hydrogen-bond acceptors (Lipinski definition) is 4. The topological polar surface area (TPSA) is 79.9 Å². The molecule has 0 bridgehead atoms. The molecule has 0 amide bonds. The number of sulfone groups is 1. The molecule has 0 aliphatic rings. The maximum atomic E-state index is 12.2. The largest absolute Gasteiger partial charge is 0.313 e. The van der Waals surface area contributed by atoms with Gasteiger partial charge in [-0.1, -0.05) is 0 Å². The van der Waals surface area contributed by atoms with Crippen LogP contribution in [0.2, 0.25) is 0 Å². The second-order valence-electron chi connectivity index (χ2n) is 4.33. The van der Waals surface area contributed by atoms with Crippen LogP contribution in [-0.4, -0.2) is 18.7 Å². The van der Waals surface area contributed by atoms with Gasteiger partial charge in [0.25, 0.3) is 5.56 Å². The Morgan fingerprint density at radius 3 is 2.43 bits per heavy atom. The summed E-state index contributed by atoms with van der Waals surface area (Å²) in [4.78, 5) is 11.8. The highest BCUT2D eigenvalue weighted by molar-refractivity contribution is 9.10. The molecule has 21 heavy (non-hydrogen) atoms. The number of hydrogen-bond donors (Lipinski definition) is 0. The third-order valence-electron chi connectivity index (χ3n) is 2.89. The fourth-order valence-corrected chi connectivity index (χ4v) is 3.35. The lowest BCUT2D eigenvalue weighted by atomic mass is 10.2. The van der Waals surface area contributed by atoms with Crippen LogP contribution in [0.4, 0.5) is 0 Å². The van der Waals surface area contributed by atoms with E-state index in [0.717, 1.165) is 0 Å². The summed E-state index contributed by atoms with van der Waals surface area (Å²) in [6.07, 6.45) is 1.55. The van der Waals surface area contributed by atoms with Gasteiger partial charge in [-0.2, -0.15) is 5.26 Å². The SMILES string of the molecule is N#Cc1ccc(S(=O)(=O)CCn2cc(Br)ccc2=O)cc1. The normalized spacial score (nSPS) is 11.0. The fourth-order valence-electron chi connectivity index (χ4n) is 1.75. The predicted octanol–water partition coefficient (Wildman–Crippen LogP) is 1.96. The molecule has 1 aromatic heterocycles. The molecule has 0 saturated carbocycles. The lowest BCUT2D eigenvalue weighted by Gasteiger charge is -2.07. The molecule has 0 aliphatic heterocycles. The number of aromatic nitrogens is 1. The van der Waals surface area contributed by atoms with Gasteiger partial charge in [-0.3, -0.25) is 4.79 Å². The summed E-state index contributed by atoms with van der Waals surface area (Å²) in [6, 6.07) is 10.6. The van der Waals surface area contributed by atoms with Crippen molar-refractivity contribution < 1.29 is 8.42 Å². The number of benzene rings is 1. The van der Waals surface area contributed by atoms with Crippen molar-refractivity contribution in [2.45, 2.75) is 11.4 Å². The molecule has 0 saturated heterocycles. The van der Waals surface area contributed by atoms with Crippen molar-refractivity contribution >= 4 is 25.8 Å². The fraction of sp³-hybridized carbons (Fsp3) is 0.143. The van der Waals surface area contributed by atoms with Crippen LogP contribution in [-0.2, 0) is 16.4 Å². The Labute approximate surface area is 130 Å². The van der Waals surface area contributed by atoms with E-state index < -0.39 is 9.84 Å². The van der Waals surface area contributed by atoms with E-state index in [1.54, 1.807) is 12.3 Å². The number of rotatable bonds is 4. The Balaban J connectivity index is 2.19. The highest BCUT2D eigenvalue weighted by Crippen LogP contribution is 2.13. The van der Waals surface area contributed by atoms with E-state index >= 15 is 0 Å². The number of nitriles is 1. The number of aryl methyl sites for hydroxylation is 1. The second kappa shape index (κ2) is 6.24. The van der Waals surface area contributed by atoms with E-state index in [9.17, 15) is 13.2 Å². The zero-order valence-electron chi connectivity index (χ0n) is 10.9. The van der Waals surface area contributed by atoms with E-state index in [-0.39, 0.29) is 22.8 Å². The minimum absolute atomic E-state index is 0.0700. The molecule has 108 valence electrons. The smallest absolute Gasteiger partial charge is 0.250 e. The summed E-state index contributed by atoms with van der Waals surface area (Å²) in [6.45, 7) is 0.0700. The van der Waals surface area contributed by atoms with E-state index in [1.165, 1.54) is 34.9 Å². The van der Waals surface area contributed by atoms with Crippen molar-refractivity contribution in [2.24, 2.45) is 0 Å². The molecule has 5 nitrogen and oxygen atoms in total. The lowest BCUT2D eigenvalue weighted by molar-refractivity contribution is 0.587. The van der Waals surface area contributed by atoms with Crippen LogP contribution in [0.1, 0.15) is 5.56 Å². The average Bonchev–Trinajstić information content (AvgIpc) is 2.48. The Morgan fingerprint density at radius 1 is 1.14 bits per heavy atom. The molecule has 2 rings (SSSR count). The Kier molecular flexibility index (Phi) is 4.60. The average molecular weight is 367 g/mol. The molecule has 0 radical (unpaired) electrons. The van der Waals surface area contributed by atoms with Crippen molar-refractivity contribution in [1.29, 1.82) is 5.26 Å². The van der Waals surface area contributed by atoms with Crippen LogP contribution >= 0.6 is 15.9 Å². The molecule has 1 heterocycles. The van der Waals surface area contributed by atoms with E-state index in [2.05, 4.69) is 15.9 Å². The Bertz CT molecular complexity index is 849. The van der Waals surface area contributed by atoms with Crippen molar-refractivity contribution in [1.82, 2.24) is 4.57 Å². The Hall–Kier alpha value is -1.91. The highest BCUT2D eigenvalue weighted by Gasteiger charge is 2.14. The minimum atomic E-state index is -3.50. The van der Waals surface area contributed by atoms with Gasteiger partial charge in [0.05, 0.1) is 22.3 Å². The van der Waals surface area contributed by atoms with E-state index in [0.29, 0.717) is 10.0 Å². The van der Waals surface area contributed by atoms with E-state index in [4.69, 9.17) is 5.26 Å². The first-order valence-corrected chi connectivity index (χ1v) is 8.46. The summed E-state index contributed by atoms with van der Waals surface area (Å²) >= 11 is 3.24. The summed E-state index contributed by atoms with van der Waals surface area (Å²) in [5, 5.41) is 8.70. The third-order valence-corrected chi connectivity index (χ3v) is 5.07. The highest BCUT2D eigenvalue weighted by atomic mass is 79.9. The molecular formula is C14H11BrN2O3S. The standard InChI is InChI=1S/C14H11BrN2O3S/c15-12-3-6-14(18)17(10-12)7-8-21(19,20)13-4-1-11(9-16)2-5-13/h1-6,10H,7-8H2. The monoisotopic (exact) mass is 366 g/mol. The molecule has 0 spiro atoms. The van der Waals surface area contributed by atoms with Crippen molar-refractivity contribution in [3.8, 4) is 6.07 Å². The van der Waals surface area contributed by atoms with Gasteiger partial charge < -0.3 is 4.57 Å². The summed E-state index contributed by atoms with van der Waals surface area (Å²) in [5.74, 6) is -0.185. The summed E-state index contributed by atoms with van der Waals surface area (Å²) in [5.41, 5.74) is 0.144. The van der Waals surface area contributed by atoms with Gasteiger partial charge in [-0.05, 0) is 46.3 Å². The molecule has 1 aromatic carbocycles. The minimum Gasteiger partial charge on any atom is -0.313 e. The van der Waals surface area contributed by atoms with Crippen LogP contribution in [0.3, 0.4) is 0 Å². The zero-order chi connectivity index (χ0) is 15.5. The predicted molar refractivity (Wildman–Crippen MR) is 81.6 cm³/mol. The van der Waals surface area contributed by atoms with Crippen LogP contribution in [0.25, 0.3) is 0 Å². The number of pyridine rings is 1. The quantitative estimate of drug-likeness (QED) is 0.828. The molecule has 0 aliphatic carbocycles. The molecule has 2 aromatic rings. The molecular weight excluding hydrogens is 356 g/mol.